The number of aryl methyl sites for hydroxylation is 3. The Morgan fingerprint density at radius 3 is 2.59 bits per heavy atom. The van der Waals surface area contributed by atoms with Crippen LogP contribution in [-0.2, 0) is 4.79 Å². The largest absolute Gasteiger partial charge is 0.358 e. The van der Waals surface area contributed by atoms with Gasteiger partial charge in [0.25, 0.3) is 0 Å². The minimum atomic E-state index is -0.00720. The summed E-state index contributed by atoms with van der Waals surface area (Å²) >= 11 is 0. The Balaban J connectivity index is 2.82. The standard InChI is InChI=1S/C13H21N3O/c1-8-6-9(2)16-11(4)13(8)10(3)15-7-12(17)14-5/h6,10,15H,7H2,1-5H3,(H,14,17). The Labute approximate surface area is 103 Å². The number of nitrogens with one attached hydrogen (secondary N) is 2. The molecule has 1 heterocycles. The van der Waals surface area contributed by atoms with Crippen LogP contribution in [0.1, 0.15) is 35.5 Å². The molecular formula is C13H21N3O. The molecule has 0 aliphatic carbocycles. The zero-order valence-electron chi connectivity index (χ0n) is 11.2. The fourth-order valence-corrected chi connectivity index (χ4v) is 2.12. The van der Waals surface area contributed by atoms with Gasteiger partial charge in [0, 0.05) is 24.5 Å². The van der Waals surface area contributed by atoms with Crippen molar-refractivity contribution in [3.63, 3.8) is 0 Å². The van der Waals surface area contributed by atoms with Crippen molar-refractivity contribution >= 4 is 5.91 Å². The summed E-state index contributed by atoms with van der Waals surface area (Å²) in [5.74, 6) is -0.00720. The van der Waals surface area contributed by atoms with E-state index in [1.54, 1.807) is 7.05 Å². The summed E-state index contributed by atoms with van der Waals surface area (Å²) in [5.41, 5.74) is 4.45. The van der Waals surface area contributed by atoms with Gasteiger partial charge in [-0.2, -0.15) is 0 Å². The molecule has 0 saturated carbocycles. The van der Waals surface area contributed by atoms with E-state index in [4.69, 9.17) is 0 Å². The Kier molecular flexibility index (Phi) is 4.63. The van der Waals surface area contributed by atoms with Crippen LogP contribution in [-0.4, -0.2) is 24.5 Å². The highest BCUT2D eigenvalue weighted by atomic mass is 16.1. The minimum absolute atomic E-state index is 0.00720. The zero-order chi connectivity index (χ0) is 13.0. The van der Waals surface area contributed by atoms with Crippen LogP contribution in [0.15, 0.2) is 6.07 Å². The lowest BCUT2D eigenvalue weighted by Gasteiger charge is -2.18. The van der Waals surface area contributed by atoms with Gasteiger partial charge in [0.15, 0.2) is 0 Å². The van der Waals surface area contributed by atoms with Crippen LogP contribution in [0.25, 0.3) is 0 Å². The quantitative estimate of drug-likeness (QED) is 0.829. The molecule has 1 amide bonds. The van der Waals surface area contributed by atoms with Crippen LogP contribution in [0, 0.1) is 20.8 Å². The molecule has 0 bridgehead atoms. The van der Waals surface area contributed by atoms with Crippen molar-refractivity contribution in [1.82, 2.24) is 15.6 Å². The SMILES string of the molecule is CNC(=O)CNC(C)c1c(C)cc(C)nc1C. The van der Waals surface area contributed by atoms with Gasteiger partial charge in [0.1, 0.15) is 0 Å². The van der Waals surface area contributed by atoms with Gasteiger partial charge in [0.2, 0.25) is 5.91 Å². The lowest BCUT2D eigenvalue weighted by Crippen LogP contribution is -2.33. The number of hydrogen-bond donors (Lipinski definition) is 2. The van der Waals surface area contributed by atoms with Crippen molar-refractivity contribution in [3.8, 4) is 0 Å². The first-order chi connectivity index (χ1) is 7.95. The minimum Gasteiger partial charge on any atom is -0.358 e. The van der Waals surface area contributed by atoms with Crippen LogP contribution >= 0.6 is 0 Å². The van der Waals surface area contributed by atoms with Crippen molar-refractivity contribution in [2.75, 3.05) is 13.6 Å². The molecular weight excluding hydrogens is 214 g/mol. The normalized spacial score (nSPS) is 12.3. The average molecular weight is 235 g/mol. The summed E-state index contributed by atoms with van der Waals surface area (Å²) < 4.78 is 0. The number of amides is 1. The van der Waals surface area contributed by atoms with Crippen LogP contribution in [0.4, 0.5) is 0 Å². The first kappa shape index (κ1) is 13.6. The highest BCUT2D eigenvalue weighted by Crippen LogP contribution is 2.20. The van der Waals surface area contributed by atoms with Gasteiger partial charge in [-0.25, -0.2) is 0 Å². The summed E-state index contributed by atoms with van der Waals surface area (Å²) in [6.45, 7) is 8.45. The lowest BCUT2D eigenvalue weighted by atomic mass is 10.0. The van der Waals surface area contributed by atoms with Gasteiger partial charge in [-0.3, -0.25) is 9.78 Å². The molecule has 4 heteroatoms. The molecule has 0 aliphatic rings. The third kappa shape index (κ3) is 3.53. The number of carbonyl (C=O) groups excluding carboxylic acids is 1. The number of carbonyl (C=O) groups is 1. The predicted octanol–water partition coefficient (Wildman–Crippen LogP) is 1.40. The van der Waals surface area contributed by atoms with Gasteiger partial charge in [-0.05, 0) is 44.9 Å². The molecule has 1 aromatic heterocycles. The van der Waals surface area contributed by atoms with Crippen molar-refractivity contribution in [2.45, 2.75) is 33.7 Å². The van der Waals surface area contributed by atoms with Crippen molar-refractivity contribution in [2.24, 2.45) is 0 Å². The molecule has 1 aromatic rings. The fraction of sp³-hybridized carbons (Fsp3) is 0.538. The second-order valence-electron chi connectivity index (χ2n) is 4.36. The number of nitrogens with zero attached hydrogens (tertiary/aromatic N) is 1. The summed E-state index contributed by atoms with van der Waals surface area (Å²) in [7, 11) is 1.64. The number of likely N-dealkylation sites (N-methyl/N-ethyl adjacent to an activating group) is 1. The zero-order valence-corrected chi connectivity index (χ0v) is 11.2. The second kappa shape index (κ2) is 5.77. The molecule has 0 aromatic carbocycles. The predicted molar refractivity (Wildman–Crippen MR) is 68.9 cm³/mol. The van der Waals surface area contributed by atoms with Crippen molar-refractivity contribution < 1.29 is 4.79 Å². The third-order valence-electron chi connectivity index (χ3n) is 2.86. The fourth-order valence-electron chi connectivity index (χ4n) is 2.12. The molecule has 0 aliphatic heterocycles. The number of aromatic nitrogens is 1. The van der Waals surface area contributed by atoms with E-state index in [2.05, 4.69) is 35.5 Å². The van der Waals surface area contributed by atoms with Crippen LogP contribution in [0.2, 0.25) is 0 Å². The molecule has 0 saturated heterocycles. The maximum atomic E-state index is 11.2. The number of pyridine rings is 1. The molecule has 2 N–H and O–H groups in total. The van der Waals surface area contributed by atoms with Crippen LogP contribution in [0.3, 0.4) is 0 Å². The van der Waals surface area contributed by atoms with E-state index in [9.17, 15) is 4.79 Å². The van der Waals surface area contributed by atoms with Gasteiger partial charge in [0.05, 0.1) is 6.54 Å². The average Bonchev–Trinajstić information content (AvgIpc) is 2.24. The monoisotopic (exact) mass is 235 g/mol. The Morgan fingerprint density at radius 1 is 1.41 bits per heavy atom. The van der Waals surface area contributed by atoms with Gasteiger partial charge in [-0.1, -0.05) is 0 Å². The highest BCUT2D eigenvalue weighted by molar-refractivity contribution is 5.77. The smallest absolute Gasteiger partial charge is 0.233 e. The van der Waals surface area contributed by atoms with Crippen LogP contribution < -0.4 is 10.6 Å². The van der Waals surface area contributed by atoms with Gasteiger partial charge >= 0.3 is 0 Å². The third-order valence-corrected chi connectivity index (χ3v) is 2.86. The molecule has 0 radical (unpaired) electrons. The van der Waals surface area contributed by atoms with E-state index >= 15 is 0 Å². The van der Waals surface area contributed by atoms with Crippen molar-refractivity contribution in [1.29, 1.82) is 0 Å². The number of hydrogen-bond acceptors (Lipinski definition) is 3. The van der Waals surface area contributed by atoms with E-state index < -0.39 is 0 Å². The number of rotatable bonds is 4. The summed E-state index contributed by atoms with van der Waals surface area (Å²) in [5, 5.41) is 5.79. The van der Waals surface area contributed by atoms with Crippen LogP contribution in [0.5, 0.6) is 0 Å². The maximum Gasteiger partial charge on any atom is 0.233 e. The maximum absolute atomic E-state index is 11.2. The van der Waals surface area contributed by atoms with Gasteiger partial charge in [-0.15, -0.1) is 0 Å². The molecule has 1 unspecified atom stereocenters. The molecule has 1 rings (SSSR count). The van der Waals surface area contributed by atoms with E-state index in [-0.39, 0.29) is 11.9 Å². The molecule has 0 fully saturated rings. The van der Waals surface area contributed by atoms with E-state index in [0.717, 1.165) is 11.4 Å². The van der Waals surface area contributed by atoms with Crippen molar-refractivity contribution in [3.05, 3.63) is 28.6 Å². The summed E-state index contributed by atoms with van der Waals surface area (Å²) in [4.78, 5) is 15.6. The van der Waals surface area contributed by atoms with E-state index in [0.29, 0.717) is 6.54 Å². The second-order valence-corrected chi connectivity index (χ2v) is 4.36. The molecule has 4 nitrogen and oxygen atoms in total. The summed E-state index contributed by atoms with van der Waals surface area (Å²) in [6.07, 6.45) is 0. The van der Waals surface area contributed by atoms with Gasteiger partial charge < -0.3 is 10.6 Å². The van der Waals surface area contributed by atoms with E-state index in [1.165, 1.54) is 11.1 Å². The first-order valence-corrected chi connectivity index (χ1v) is 5.84. The lowest BCUT2D eigenvalue weighted by molar-refractivity contribution is -0.119. The Morgan fingerprint density at radius 2 is 2.06 bits per heavy atom. The summed E-state index contributed by atoms with van der Waals surface area (Å²) in [6, 6.07) is 2.20. The molecule has 17 heavy (non-hydrogen) atoms. The topological polar surface area (TPSA) is 54.0 Å². The first-order valence-electron chi connectivity index (χ1n) is 5.84. The highest BCUT2D eigenvalue weighted by Gasteiger charge is 2.13. The van der Waals surface area contributed by atoms with E-state index in [1.807, 2.05) is 13.8 Å². The Hall–Kier alpha value is -1.42. The Bertz CT molecular complexity index is 392. The molecule has 0 spiro atoms. The molecule has 1 atom stereocenters. The molecule has 94 valence electrons.